The normalized spacial score (nSPS) is 26.8. The van der Waals surface area contributed by atoms with Crippen LogP contribution in [0.15, 0.2) is 42.5 Å². The second kappa shape index (κ2) is 8.00. The predicted octanol–water partition coefficient (Wildman–Crippen LogP) is 1.58. The van der Waals surface area contributed by atoms with Crippen molar-refractivity contribution in [3.05, 3.63) is 70.0 Å². The predicted molar refractivity (Wildman–Crippen MR) is 93.4 cm³/mol. The SMILES string of the molecule is OC[C@@H](O)[C@H]1O[C@@H](c2ccc(Cl)c(Cc3ccc(F)cc3)c2)[C@H](O)[C@H]1O. The third-order valence-corrected chi connectivity index (χ3v) is 4.94. The van der Waals surface area contributed by atoms with Crippen LogP contribution in [0.25, 0.3) is 0 Å². The van der Waals surface area contributed by atoms with Gasteiger partial charge in [0, 0.05) is 5.02 Å². The molecule has 1 aliphatic rings. The van der Waals surface area contributed by atoms with Gasteiger partial charge in [0.2, 0.25) is 0 Å². The van der Waals surface area contributed by atoms with Gasteiger partial charge in [-0.1, -0.05) is 35.9 Å². The molecule has 0 spiro atoms. The van der Waals surface area contributed by atoms with Crippen LogP contribution in [0.3, 0.4) is 0 Å². The van der Waals surface area contributed by atoms with Crippen molar-refractivity contribution in [1.82, 2.24) is 0 Å². The van der Waals surface area contributed by atoms with Gasteiger partial charge < -0.3 is 25.2 Å². The molecule has 26 heavy (non-hydrogen) atoms. The highest BCUT2D eigenvalue weighted by molar-refractivity contribution is 6.31. The maximum absolute atomic E-state index is 13.1. The average Bonchev–Trinajstić information content (AvgIpc) is 2.93. The molecule has 3 rings (SSSR count). The number of aliphatic hydroxyl groups excluding tert-OH is 4. The largest absolute Gasteiger partial charge is 0.394 e. The van der Waals surface area contributed by atoms with Crippen LogP contribution >= 0.6 is 11.6 Å². The van der Waals surface area contributed by atoms with Gasteiger partial charge in [-0.2, -0.15) is 0 Å². The van der Waals surface area contributed by atoms with Gasteiger partial charge in [0.15, 0.2) is 0 Å². The van der Waals surface area contributed by atoms with Gasteiger partial charge in [0.05, 0.1) is 6.61 Å². The summed E-state index contributed by atoms with van der Waals surface area (Å²) in [5, 5.41) is 39.6. The summed E-state index contributed by atoms with van der Waals surface area (Å²) in [6, 6.07) is 11.1. The van der Waals surface area contributed by atoms with Crippen LogP contribution in [0.5, 0.6) is 0 Å². The molecule has 0 aromatic heterocycles. The Labute approximate surface area is 155 Å². The van der Waals surface area contributed by atoms with Crippen molar-refractivity contribution >= 4 is 11.6 Å². The van der Waals surface area contributed by atoms with Gasteiger partial charge in [-0.15, -0.1) is 0 Å². The summed E-state index contributed by atoms with van der Waals surface area (Å²) in [4.78, 5) is 0. The van der Waals surface area contributed by atoms with Gasteiger partial charge in [0.1, 0.15) is 36.3 Å². The zero-order valence-corrected chi connectivity index (χ0v) is 14.6. The first-order chi connectivity index (χ1) is 12.4. The fourth-order valence-electron chi connectivity index (χ4n) is 3.13. The smallest absolute Gasteiger partial charge is 0.123 e. The first-order valence-corrected chi connectivity index (χ1v) is 8.61. The van der Waals surface area contributed by atoms with E-state index in [1.54, 1.807) is 30.3 Å². The molecule has 0 bridgehead atoms. The van der Waals surface area contributed by atoms with E-state index in [0.29, 0.717) is 17.0 Å². The molecule has 1 heterocycles. The van der Waals surface area contributed by atoms with Crippen LogP contribution in [0, 0.1) is 5.82 Å². The van der Waals surface area contributed by atoms with Crippen LogP contribution in [0.2, 0.25) is 5.02 Å². The number of halogens is 2. The lowest BCUT2D eigenvalue weighted by Gasteiger charge is -2.19. The molecule has 0 unspecified atom stereocenters. The molecule has 140 valence electrons. The fourth-order valence-corrected chi connectivity index (χ4v) is 3.32. The zero-order valence-electron chi connectivity index (χ0n) is 13.8. The summed E-state index contributed by atoms with van der Waals surface area (Å²) in [5.74, 6) is -0.321. The van der Waals surface area contributed by atoms with Crippen molar-refractivity contribution in [2.24, 2.45) is 0 Å². The van der Waals surface area contributed by atoms with Crippen molar-refractivity contribution < 1.29 is 29.6 Å². The molecule has 0 aliphatic carbocycles. The van der Waals surface area contributed by atoms with Gasteiger partial charge in [-0.25, -0.2) is 4.39 Å². The number of rotatable bonds is 5. The van der Waals surface area contributed by atoms with E-state index < -0.39 is 37.1 Å². The molecule has 4 N–H and O–H groups in total. The molecule has 1 aliphatic heterocycles. The lowest BCUT2D eigenvalue weighted by molar-refractivity contribution is -0.0820. The minimum Gasteiger partial charge on any atom is -0.394 e. The molecule has 1 saturated heterocycles. The number of hydrogen-bond acceptors (Lipinski definition) is 5. The Hall–Kier alpha value is -1.54. The van der Waals surface area contributed by atoms with Gasteiger partial charge in [-0.05, 0) is 41.3 Å². The lowest BCUT2D eigenvalue weighted by Crippen LogP contribution is -2.40. The maximum atomic E-state index is 13.1. The molecule has 1 fully saturated rings. The summed E-state index contributed by atoms with van der Waals surface area (Å²) in [7, 11) is 0. The van der Waals surface area contributed by atoms with E-state index in [-0.39, 0.29) is 5.82 Å². The second-order valence-corrected chi connectivity index (χ2v) is 6.81. The Bertz CT molecular complexity index is 754. The quantitative estimate of drug-likeness (QED) is 0.630. The first kappa shape index (κ1) is 19.2. The number of benzene rings is 2. The van der Waals surface area contributed by atoms with Crippen molar-refractivity contribution in [3.63, 3.8) is 0 Å². The monoisotopic (exact) mass is 382 g/mol. The van der Waals surface area contributed by atoms with E-state index in [1.807, 2.05) is 0 Å². The van der Waals surface area contributed by atoms with E-state index in [1.165, 1.54) is 12.1 Å². The van der Waals surface area contributed by atoms with Crippen LogP contribution in [0.1, 0.15) is 22.8 Å². The standard InChI is InChI=1S/C19H20ClFO5/c20-14-6-3-11(8-12(14)7-10-1-4-13(21)5-2-10)18-16(24)17(25)19(26-18)15(23)9-22/h1-6,8,15-19,22-25H,7,9H2/t15-,16-,17-,18+,19-/m1/s1. The number of hydrogen-bond donors (Lipinski definition) is 4. The molecule has 0 amide bonds. The van der Waals surface area contributed by atoms with E-state index in [0.717, 1.165) is 11.1 Å². The Morgan fingerprint density at radius 1 is 1.08 bits per heavy atom. The average molecular weight is 383 g/mol. The highest BCUT2D eigenvalue weighted by Crippen LogP contribution is 2.36. The molecular weight excluding hydrogens is 363 g/mol. The van der Waals surface area contributed by atoms with Gasteiger partial charge in [0.25, 0.3) is 0 Å². The molecule has 2 aromatic rings. The van der Waals surface area contributed by atoms with Crippen molar-refractivity contribution in [2.45, 2.75) is 36.9 Å². The first-order valence-electron chi connectivity index (χ1n) is 8.24. The van der Waals surface area contributed by atoms with Crippen molar-refractivity contribution in [2.75, 3.05) is 6.61 Å². The van der Waals surface area contributed by atoms with Crippen LogP contribution in [0.4, 0.5) is 4.39 Å². The topological polar surface area (TPSA) is 90.2 Å². The van der Waals surface area contributed by atoms with E-state index in [2.05, 4.69) is 0 Å². The number of aliphatic hydroxyl groups is 4. The van der Waals surface area contributed by atoms with E-state index in [4.69, 9.17) is 21.4 Å². The molecule has 0 radical (unpaired) electrons. The summed E-state index contributed by atoms with van der Waals surface area (Å²) in [6.07, 6.45) is -5.35. The summed E-state index contributed by atoms with van der Waals surface area (Å²) < 4.78 is 18.6. The minimum atomic E-state index is -1.32. The van der Waals surface area contributed by atoms with Gasteiger partial charge >= 0.3 is 0 Å². The van der Waals surface area contributed by atoms with Gasteiger partial charge in [-0.3, -0.25) is 0 Å². The highest BCUT2D eigenvalue weighted by Gasteiger charge is 2.46. The lowest BCUT2D eigenvalue weighted by atomic mass is 9.96. The summed E-state index contributed by atoms with van der Waals surface area (Å²) in [5.41, 5.74) is 2.21. The Morgan fingerprint density at radius 2 is 1.77 bits per heavy atom. The van der Waals surface area contributed by atoms with E-state index >= 15 is 0 Å². The minimum absolute atomic E-state index is 0.321. The third-order valence-electron chi connectivity index (χ3n) is 4.57. The fraction of sp³-hybridized carbons (Fsp3) is 0.368. The third kappa shape index (κ3) is 3.91. The zero-order chi connectivity index (χ0) is 18.8. The molecule has 5 nitrogen and oxygen atoms in total. The molecule has 2 aromatic carbocycles. The van der Waals surface area contributed by atoms with Crippen LogP contribution < -0.4 is 0 Å². The highest BCUT2D eigenvalue weighted by atomic mass is 35.5. The molecular formula is C19H20ClFO5. The Kier molecular flexibility index (Phi) is 5.92. The molecule has 0 saturated carbocycles. The second-order valence-electron chi connectivity index (χ2n) is 6.41. The molecule has 5 atom stereocenters. The van der Waals surface area contributed by atoms with Crippen LogP contribution in [-0.4, -0.2) is 51.4 Å². The van der Waals surface area contributed by atoms with Crippen molar-refractivity contribution in [3.8, 4) is 0 Å². The summed E-state index contributed by atoms with van der Waals surface area (Å²) in [6.45, 7) is -0.586. The van der Waals surface area contributed by atoms with E-state index in [9.17, 15) is 19.7 Å². The Balaban J connectivity index is 1.84. The Morgan fingerprint density at radius 3 is 2.42 bits per heavy atom. The molecule has 7 heteroatoms. The van der Waals surface area contributed by atoms with Crippen LogP contribution in [-0.2, 0) is 11.2 Å². The van der Waals surface area contributed by atoms with Crippen molar-refractivity contribution in [1.29, 1.82) is 0 Å². The maximum Gasteiger partial charge on any atom is 0.123 e. The summed E-state index contributed by atoms with van der Waals surface area (Å²) >= 11 is 6.25. The number of ether oxygens (including phenoxy) is 1.